The predicted molar refractivity (Wildman–Crippen MR) is 330 cm³/mol. The van der Waals surface area contributed by atoms with Crippen LogP contribution in [0.2, 0.25) is 0 Å². The van der Waals surface area contributed by atoms with Crippen LogP contribution >= 0.6 is 0 Å². The summed E-state index contributed by atoms with van der Waals surface area (Å²) in [6.07, 6.45) is 81.4. The van der Waals surface area contributed by atoms with Crippen LogP contribution < -0.4 is 0 Å². The second-order valence-corrected chi connectivity index (χ2v) is 22.7. The second-order valence-electron chi connectivity index (χ2n) is 22.7. The Hall–Kier alpha value is -2.63. The molecular formula is C70H128O6. The summed E-state index contributed by atoms with van der Waals surface area (Å²) >= 11 is 0. The van der Waals surface area contributed by atoms with Crippen molar-refractivity contribution in [2.75, 3.05) is 13.2 Å². The van der Waals surface area contributed by atoms with Gasteiger partial charge in [0, 0.05) is 19.3 Å². The maximum Gasteiger partial charge on any atom is 0.306 e. The van der Waals surface area contributed by atoms with Crippen molar-refractivity contribution in [3.05, 3.63) is 48.6 Å². The highest BCUT2D eigenvalue weighted by Gasteiger charge is 2.19. The number of esters is 3. The number of carbonyl (C=O) groups is 3. The van der Waals surface area contributed by atoms with Crippen LogP contribution in [0.3, 0.4) is 0 Å². The lowest BCUT2D eigenvalue weighted by Gasteiger charge is -2.18. The zero-order valence-corrected chi connectivity index (χ0v) is 51.0. The summed E-state index contributed by atoms with van der Waals surface area (Å²) in [5.74, 6) is -0.890. The fraction of sp³-hybridized carbons (Fsp3) is 0.843. The summed E-state index contributed by atoms with van der Waals surface area (Å²) in [5.41, 5.74) is 0. The van der Waals surface area contributed by atoms with E-state index in [4.69, 9.17) is 14.2 Å². The molecule has 0 bridgehead atoms. The van der Waals surface area contributed by atoms with Crippen molar-refractivity contribution in [3.63, 3.8) is 0 Å². The molecule has 0 aromatic carbocycles. The van der Waals surface area contributed by atoms with Crippen molar-refractivity contribution in [2.24, 2.45) is 0 Å². The lowest BCUT2D eigenvalue weighted by Crippen LogP contribution is -2.30. The van der Waals surface area contributed by atoms with Crippen LogP contribution in [0.15, 0.2) is 48.6 Å². The van der Waals surface area contributed by atoms with E-state index in [9.17, 15) is 14.4 Å². The summed E-state index contributed by atoms with van der Waals surface area (Å²) in [6.45, 7) is 6.56. The maximum absolute atomic E-state index is 12.9. The maximum atomic E-state index is 12.9. The van der Waals surface area contributed by atoms with E-state index in [1.165, 1.54) is 238 Å². The molecule has 0 N–H and O–H groups in total. The Morgan fingerprint density at radius 3 is 0.829 bits per heavy atom. The molecule has 6 nitrogen and oxygen atoms in total. The zero-order chi connectivity index (χ0) is 55.0. The molecule has 0 aromatic rings. The average molecular weight is 1070 g/mol. The third-order valence-corrected chi connectivity index (χ3v) is 15.1. The van der Waals surface area contributed by atoms with E-state index in [2.05, 4.69) is 69.4 Å². The molecule has 0 amide bonds. The molecule has 0 aliphatic rings. The molecule has 0 aromatic heterocycles. The fourth-order valence-corrected chi connectivity index (χ4v) is 10.0. The first-order valence-corrected chi connectivity index (χ1v) is 33.6. The highest BCUT2D eigenvalue weighted by atomic mass is 16.6. The van der Waals surface area contributed by atoms with Gasteiger partial charge in [-0.2, -0.15) is 0 Å². The van der Waals surface area contributed by atoms with Crippen LogP contribution in [0.1, 0.15) is 361 Å². The normalized spacial score (nSPS) is 12.3. The van der Waals surface area contributed by atoms with E-state index in [-0.39, 0.29) is 31.1 Å². The number of allylic oxidation sites excluding steroid dienone is 8. The molecule has 0 rings (SSSR count). The molecule has 0 aliphatic heterocycles. The molecule has 0 aliphatic carbocycles. The Morgan fingerprint density at radius 2 is 0.513 bits per heavy atom. The molecule has 0 saturated heterocycles. The number of hydrogen-bond acceptors (Lipinski definition) is 6. The minimum absolute atomic E-state index is 0.0795. The van der Waals surface area contributed by atoms with E-state index in [1.54, 1.807) is 0 Å². The average Bonchev–Trinajstić information content (AvgIpc) is 3.42. The van der Waals surface area contributed by atoms with Crippen LogP contribution in [0.25, 0.3) is 0 Å². The van der Waals surface area contributed by atoms with Crippen LogP contribution in [0.4, 0.5) is 0 Å². The number of unbranched alkanes of at least 4 members (excludes halogenated alkanes) is 43. The highest BCUT2D eigenvalue weighted by molar-refractivity contribution is 5.71. The Balaban J connectivity index is 4.26. The van der Waals surface area contributed by atoms with Gasteiger partial charge in [0.25, 0.3) is 0 Å². The van der Waals surface area contributed by atoms with Gasteiger partial charge in [0.2, 0.25) is 0 Å². The summed E-state index contributed by atoms with van der Waals surface area (Å²) in [4.78, 5) is 38.3. The summed E-state index contributed by atoms with van der Waals surface area (Å²) in [7, 11) is 0. The minimum atomic E-state index is -0.785. The van der Waals surface area contributed by atoms with E-state index >= 15 is 0 Å². The minimum Gasteiger partial charge on any atom is -0.462 e. The Kier molecular flexibility index (Phi) is 62.6. The third-order valence-electron chi connectivity index (χ3n) is 15.1. The van der Waals surface area contributed by atoms with E-state index < -0.39 is 6.10 Å². The monoisotopic (exact) mass is 1060 g/mol. The van der Waals surface area contributed by atoms with Gasteiger partial charge in [-0.15, -0.1) is 0 Å². The number of ether oxygens (including phenoxy) is 3. The molecule has 1 unspecified atom stereocenters. The molecule has 0 fully saturated rings. The number of rotatable bonds is 62. The quantitative estimate of drug-likeness (QED) is 0.0261. The fourth-order valence-electron chi connectivity index (χ4n) is 10.0. The van der Waals surface area contributed by atoms with E-state index in [0.29, 0.717) is 19.3 Å². The Bertz CT molecular complexity index is 1310. The smallest absolute Gasteiger partial charge is 0.306 e. The van der Waals surface area contributed by atoms with Gasteiger partial charge in [-0.1, -0.05) is 313 Å². The zero-order valence-electron chi connectivity index (χ0n) is 51.0. The van der Waals surface area contributed by atoms with Crippen LogP contribution in [0.5, 0.6) is 0 Å². The highest BCUT2D eigenvalue weighted by Crippen LogP contribution is 2.18. The molecule has 6 heteroatoms. The first-order valence-electron chi connectivity index (χ1n) is 33.6. The first kappa shape index (κ1) is 73.4. The Labute approximate surface area is 473 Å². The van der Waals surface area contributed by atoms with E-state index in [0.717, 1.165) is 83.5 Å². The second kappa shape index (κ2) is 64.9. The van der Waals surface area contributed by atoms with Gasteiger partial charge in [0.1, 0.15) is 13.2 Å². The van der Waals surface area contributed by atoms with Gasteiger partial charge in [0.05, 0.1) is 0 Å². The van der Waals surface area contributed by atoms with Gasteiger partial charge in [-0.3, -0.25) is 14.4 Å². The predicted octanol–water partition coefficient (Wildman–Crippen LogP) is 22.9. The van der Waals surface area contributed by atoms with Gasteiger partial charge < -0.3 is 14.2 Å². The van der Waals surface area contributed by atoms with Crippen LogP contribution in [-0.4, -0.2) is 37.2 Å². The molecule has 0 radical (unpaired) electrons. The lowest BCUT2D eigenvalue weighted by atomic mass is 10.0. The summed E-state index contributed by atoms with van der Waals surface area (Å²) < 4.78 is 16.9. The third kappa shape index (κ3) is 62.2. The van der Waals surface area contributed by atoms with Crippen molar-refractivity contribution in [1.29, 1.82) is 0 Å². The molecule has 0 heterocycles. The lowest BCUT2D eigenvalue weighted by molar-refractivity contribution is -0.167. The van der Waals surface area contributed by atoms with Gasteiger partial charge in [-0.25, -0.2) is 0 Å². The van der Waals surface area contributed by atoms with Gasteiger partial charge in [-0.05, 0) is 77.0 Å². The van der Waals surface area contributed by atoms with Gasteiger partial charge >= 0.3 is 17.9 Å². The molecule has 0 spiro atoms. The Morgan fingerprint density at radius 1 is 0.276 bits per heavy atom. The van der Waals surface area contributed by atoms with Crippen molar-refractivity contribution < 1.29 is 28.6 Å². The first-order chi connectivity index (χ1) is 37.5. The van der Waals surface area contributed by atoms with E-state index in [1.807, 2.05) is 0 Å². The van der Waals surface area contributed by atoms with Crippen molar-refractivity contribution in [2.45, 2.75) is 367 Å². The van der Waals surface area contributed by atoms with Crippen molar-refractivity contribution in [1.82, 2.24) is 0 Å². The number of hydrogen-bond donors (Lipinski definition) is 0. The van der Waals surface area contributed by atoms with Crippen LogP contribution in [0, 0.1) is 0 Å². The molecular weight excluding hydrogens is 937 g/mol. The topological polar surface area (TPSA) is 78.9 Å². The number of carbonyl (C=O) groups excluding carboxylic acids is 3. The SMILES string of the molecule is CC/C=C\C/C=C\C/C=C\CCCCCC(=O)OCC(COC(=O)CCCCCCCCCCCCCCCCCCCCCCCCCC)OC(=O)CCCCCCCCCCC/C=C\CCCCCCCCCC. The standard InChI is InChI=1S/C70H128O6/c1-4-7-10-13-16-19-22-25-27-29-31-33-34-35-37-38-40-42-45-48-51-54-57-60-63-69(72)75-66-67(65-74-68(71)62-59-56-53-50-47-44-24-21-18-15-12-9-6-3)76-70(73)64-61-58-55-52-49-46-43-41-39-36-32-30-28-26-23-20-17-14-11-8-5-2/h9,12,18,21,30,32,44,47,67H,4-8,10-11,13-17,19-20,22-29,31,33-43,45-46,48-66H2,1-3H3/b12-9-,21-18-,32-30-,47-44-. The van der Waals surface area contributed by atoms with Crippen LogP contribution in [-0.2, 0) is 28.6 Å². The molecule has 76 heavy (non-hydrogen) atoms. The van der Waals surface area contributed by atoms with Crippen molar-refractivity contribution in [3.8, 4) is 0 Å². The summed E-state index contributed by atoms with van der Waals surface area (Å²) in [6, 6.07) is 0. The van der Waals surface area contributed by atoms with Gasteiger partial charge in [0.15, 0.2) is 6.10 Å². The summed E-state index contributed by atoms with van der Waals surface area (Å²) in [5, 5.41) is 0. The molecule has 444 valence electrons. The molecule has 0 saturated carbocycles. The largest absolute Gasteiger partial charge is 0.462 e. The van der Waals surface area contributed by atoms with Crippen molar-refractivity contribution >= 4 is 17.9 Å². The molecule has 1 atom stereocenters.